The molecule has 1 heterocycles. The molecular formula is C14H27N3O. The first kappa shape index (κ1) is 13.8. The first-order valence-corrected chi connectivity index (χ1v) is 7.46. The zero-order chi connectivity index (χ0) is 13.0. The van der Waals surface area contributed by atoms with Gasteiger partial charge in [0.2, 0.25) is 5.91 Å². The number of piperidine rings is 1. The molecule has 2 rings (SSSR count). The van der Waals surface area contributed by atoms with E-state index in [9.17, 15) is 4.79 Å². The highest BCUT2D eigenvalue weighted by atomic mass is 16.2. The van der Waals surface area contributed by atoms with Crippen LogP contribution in [-0.2, 0) is 4.79 Å². The van der Waals surface area contributed by atoms with Crippen molar-refractivity contribution in [2.24, 2.45) is 5.92 Å². The van der Waals surface area contributed by atoms with Crippen LogP contribution in [0.2, 0.25) is 0 Å². The Bertz CT molecular complexity index is 272. The summed E-state index contributed by atoms with van der Waals surface area (Å²) in [5.74, 6) is 0.960. The van der Waals surface area contributed by atoms with E-state index in [1.807, 2.05) is 6.92 Å². The van der Waals surface area contributed by atoms with E-state index in [0.29, 0.717) is 6.04 Å². The number of likely N-dealkylation sites (N-methyl/N-ethyl adjacent to an activating group) is 1. The van der Waals surface area contributed by atoms with Crippen molar-refractivity contribution < 1.29 is 4.79 Å². The third kappa shape index (κ3) is 3.69. The number of rotatable bonds is 6. The summed E-state index contributed by atoms with van der Waals surface area (Å²) in [5, 5.41) is 6.36. The van der Waals surface area contributed by atoms with E-state index in [1.165, 1.54) is 25.7 Å². The van der Waals surface area contributed by atoms with Gasteiger partial charge in [-0.3, -0.25) is 9.69 Å². The van der Waals surface area contributed by atoms with Gasteiger partial charge in [-0.15, -0.1) is 0 Å². The molecule has 0 spiro atoms. The fourth-order valence-corrected chi connectivity index (χ4v) is 2.86. The fourth-order valence-electron chi connectivity index (χ4n) is 2.86. The van der Waals surface area contributed by atoms with Gasteiger partial charge in [-0.2, -0.15) is 0 Å². The third-order valence-corrected chi connectivity index (χ3v) is 4.17. The number of carbonyl (C=O) groups excluding carboxylic acids is 1. The van der Waals surface area contributed by atoms with Gasteiger partial charge in [0.25, 0.3) is 0 Å². The standard InChI is InChI=1S/C14H27N3O/c1-3-16-14(18)11(2)17(13-4-5-13)10-12-6-8-15-9-7-12/h11-13,15H,3-10H2,1-2H3,(H,16,18). The molecule has 0 bridgehead atoms. The molecule has 2 N–H and O–H groups in total. The number of carbonyl (C=O) groups is 1. The number of amides is 1. The number of hydrogen-bond donors (Lipinski definition) is 2. The quantitative estimate of drug-likeness (QED) is 0.741. The van der Waals surface area contributed by atoms with Crippen molar-refractivity contribution in [2.75, 3.05) is 26.2 Å². The van der Waals surface area contributed by atoms with E-state index in [4.69, 9.17) is 0 Å². The fraction of sp³-hybridized carbons (Fsp3) is 0.929. The molecule has 4 nitrogen and oxygen atoms in total. The van der Waals surface area contributed by atoms with Crippen molar-refractivity contribution in [1.82, 2.24) is 15.5 Å². The molecule has 1 aliphatic carbocycles. The van der Waals surface area contributed by atoms with E-state index >= 15 is 0 Å². The van der Waals surface area contributed by atoms with Crippen LogP contribution >= 0.6 is 0 Å². The average molecular weight is 253 g/mol. The lowest BCUT2D eigenvalue weighted by Crippen LogP contribution is -2.48. The molecule has 1 saturated carbocycles. The van der Waals surface area contributed by atoms with Crippen LogP contribution in [0, 0.1) is 5.92 Å². The number of nitrogens with one attached hydrogen (secondary N) is 2. The van der Waals surface area contributed by atoms with Gasteiger partial charge in [0.1, 0.15) is 0 Å². The number of hydrogen-bond acceptors (Lipinski definition) is 3. The lowest BCUT2D eigenvalue weighted by atomic mass is 9.97. The lowest BCUT2D eigenvalue weighted by Gasteiger charge is -2.33. The summed E-state index contributed by atoms with van der Waals surface area (Å²) < 4.78 is 0. The molecule has 2 fully saturated rings. The monoisotopic (exact) mass is 253 g/mol. The minimum Gasteiger partial charge on any atom is -0.355 e. The van der Waals surface area contributed by atoms with E-state index in [0.717, 1.165) is 32.1 Å². The van der Waals surface area contributed by atoms with Crippen molar-refractivity contribution in [3.8, 4) is 0 Å². The van der Waals surface area contributed by atoms with Gasteiger partial charge in [-0.1, -0.05) is 0 Å². The average Bonchev–Trinajstić information content (AvgIpc) is 3.21. The van der Waals surface area contributed by atoms with Crippen molar-refractivity contribution in [3.05, 3.63) is 0 Å². The van der Waals surface area contributed by atoms with Crippen molar-refractivity contribution >= 4 is 5.91 Å². The normalized spacial score (nSPS) is 23.1. The van der Waals surface area contributed by atoms with Gasteiger partial charge in [-0.25, -0.2) is 0 Å². The molecule has 0 aromatic heterocycles. The largest absolute Gasteiger partial charge is 0.355 e. The smallest absolute Gasteiger partial charge is 0.237 e. The summed E-state index contributed by atoms with van der Waals surface area (Å²) in [6, 6.07) is 0.699. The van der Waals surface area contributed by atoms with Gasteiger partial charge in [0.15, 0.2) is 0 Å². The van der Waals surface area contributed by atoms with Crippen LogP contribution in [0.3, 0.4) is 0 Å². The Balaban J connectivity index is 1.88. The third-order valence-electron chi connectivity index (χ3n) is 4.17. The van der Waals surface area contributed by atoms with Crippen LogP contribution in [0.15, 0.2) is 0 Å². The minimum absolute atomic E-state index is 0.0346. The van der Waals surface area contributed by atoms with Gasteiger partial charge in [0.05, 0.1) is 6.04 Å². The summed E-state index contributed by atoms with van der Waals surface area (Å²) in [4.78, 5) is 14.4. The second-order valence-electron chi connectivity index (χ2n) is 5.69. The molecule has 4 heteroatoms. The van der Waals surface area contributed by atoms with Crippen molar-refractivity contribution in [3.63, 3.8) is 0 Å². The van der Waals surface area contributed by atoms with Crippen LogP contribution in [-0.4, -0.2) is 49.1 Å². The lowest BCUT2D eigenvalue weighted by molar-refractivity contribution is -0.126. The predicted molar refractivity (Wildman–Crippen MR) is 73.5 cm³/mol. The Morgan fingerprint density at radius 2 is 2.00 bits per heavy atom. The molecule has 104 valence electrons. The zero-order valence-electron chi connectivity index (χ0n) is 11.7. The highest BCUT2D eigenvalue weighted by Gasteiger charge is 2.36. The Labute approximate surface area is 110 Å². The molecule has 0 aromatic rings. The summed E-state index contributed by atoms with van der Waals surface area (Å²) in [6.07, 6.45) is 5.06. The molecule has 1 atom stereocenters. The first-order valence-electron chi connectivity index (χ1n) is 7.46. The maximum atomic E-state index is 12.0. The van der Waals surface area contributed by atoms with Crippen LogP contribution in [0.5, 0.6) is 0 Å². The Kier molecular flexibility index (Phi) is 5.01. The molecule has 2 aliphatic rings. The summed E-state index contributed by atoms with van der Waals surface area (Å²) in [7, 11) is 0. The predicted octanol–water partition coefficient (Wildman–Crippen LogP) is 0.975. The summed E-state index contributed by atoms with van der Waals surface area (Å²) in [6.45, 7) is 8.15. The van der Waals surface area contributed by atoms with E-state index < -0.39 is 0 Å². The van der Waals surface area contributed by atoms with Crippen LogP contribution in [0.4, 0.5) is 0 Å². The molecule has 1 aliphatic heterocycles. The summed E-state index contributed by atoms with van der Waals surface area (Å²) in [5.41, 5.74) is 0. The second-order valence-corrected chi connectivity index (χ2v) is 5.69. The van der Waals surface area contributed by atoms with Crippen LogP contribution < -0.4 is 10.6 Å². The zero-order valence-corrected chi connectivity index (χ0v) is 11.7. The van der Waals surface area contributed by atoms with Crippen LogP contribution in [0.25, 0.3) is 0 Å². The SMILES string of the molecule is CCNC(=O)C(C)N(CC1CCNCC1)C1CC1. The van der Waals surface area contributed by atoms with Crippen molar-refractivity contribution in [1.29, 1.82) is 0 Å². The van der Waals surface area contributed by atoms with Gasteiger partial charge in [0, 0.05) is 19.1 Å². The van der Waals surface area contributed by atoms with Gasteiger partial charge in [-0.05, 0) is 58.5 Å². The maximum absolute atomic E-state index is 12.0. The highest BCUT2D eigenvalue weighted by Crippen LogP contribution is 2.30. The van der Waals surface area contributed by atoms with E-state index in [1.54, 1.807) is 0 Å². The van der Waals surface area contributed by atoms with Crippen LogP contribution in [0.1, 0.15) is 39.5 Å². The number of nitrogens with zero attached hydrogens (tertiary/aromatic N) is 1. The topological polar surface area (TPSA) is 44.4 Å². The molecule has 18 heavy (non-hydrogen) atoms. The van der Waals surface area contributed by atoms with Gasteiger partial charge >= 0.3 is 0 Å². The first-order chi connectivity index (χ1) is 8.72. The minimum atomic E-state index is 0.0346. The maximum Gasteiger partial charge on any atom is 0.237 e. The van der Waals surface area contributed by atoms with E-state index in [2.05, 4.69) is 22.5 Å². The Hall–Kier alpha value is -0.610. The molecule has 1 unspecified atom stereocenters. The van der Waals surface area contributed by atoms with E-state index in [-0.39, 0.29) is 11.9 Å². The Morgan fingerprint density at radius 1 is 1.33 bits per heavy atom. The molecule has 0 radical (unpaired) electrons. The molecule has 1 saturated heterocycles. The molecule has 1 amide bonds. The van der Waals surface area contributed by atoms with Crippen molar-refractivity contribution in [2.45, 2.75) is 51.6 Å². The second kappa shape index (κ2) is 6.53. The molecule has 0 aromatic carbocycles. The van der Waals surface area contributed by atoms with Gasteiger partial charge < -0.3 is 10.6 Å². The highest BCUT2D eigenvalue weighted by molar-refractivity contribution is 5.81. The Morgan fingerprint density at radius 3 is 2.56 bits per heavy atom. The molecular weight excluding hydrogens is 226 g/mol. The summed E-state index contributed by atoms with van der Waals surface area (Å²) >= 11 is 0.